The Balaban J connectivity index is 1.43. The lowest BCUT2D eigenvalue weighted by atomic mass is 9.85. The number of ether oxygens (including phenoxy) is 1. The van der Waals surface area contributed by atoms with Crippen molar-refractivity contribution in [2.75, 3.05) is 20.2 Å². The molecular weight excluding hydrogens is 367 g/mol. The molecule has 3 saturated heterocycles. The smallest absolute Gasteiger partial charge is 0.243 e. The van der Waals surface area contributed by atoms with E-state index in [2.05, 4.69) is 28.9 Å². The van der Waals surface area contributed by atoms with Gasteiger partial charge in [0.25, 0.3) is 0 Å². The molecule has 3 fully saturated rings. The van der Waals surface area contributed by atoms with Crippen LogP contribution in [0.15, 0.2) is 42.5 Å². The summed E-state index contributed by atoms with van der Waals surface area (Å²) in [4.78, 5) is 18.1. The van der Waals surface area contributed by atoms with E-state index >= 15 is 0 Å². The fourth-order valence-electron chi connectivity index (χ4n) is 5.91. The van der Waals surface area contributed by atoms with Gasteiger partial charge in [-0.25, -0.2) is 4.39 Å². The van der Waals surface area contributed by atoms with Gasteiger partial charge in [0, 0.05) is 25.0 Å². The lowest BCUT2D eigenvalue weighted by Gasteiger charge is -2.34. The molecule has 4 nitrogen and oxygen atoms in total. The number of hydrogen-bond acceptors (Lipinski definition) is 3. The Morgan fingerprint density at radius 2 is 2.07 bits per heavy atom. The zero-order valence-corrected chi connectivity index (χ0v) is 17.0. The Hall–Kier alpha value is -2.40. The molecule has 0 saturated carbocycles. The molecule has 1 spiro atoms. The molecule has 0 radical (unpaired) electrons. The summed E-state index contributed by atoms with van der Waals surface area (Å²) in [6.07, 6.45) is 2.90. The Morgan fingerprint density at radius 3 is 2.86 bits per heavy atom. The van der Waals surface area contributed by atoms with E-state index in [0.717, 1.165) is 37.9 Å². The number of aryl methyl sites for hydroxylation is 1. The van der Waals surface area contributed by atoms with E-state index in [0.29, 0.717) is 12.5 Å². The minimum Gasteiger partial charge on any atom is -0.494 e. The van der Waals surface area contributed by atoms with Crippen molar-refractivity contribution in [3.05, 3.63) is 65.0 Å². The highest BCUT2D eigenvalue weighted by Gasteiger charge is 2.65. The van der Waals surface area contributed by atoms with Gasteiger partial charge in [0.15, 0.2) is 11.6 Å². The van der Waals surface area contributed by atoms with Crippen molar-refractivity contribution >= 4 is 5.91 Å². The topological polar surface area (TPSA) is 32.8 Å². The van der Waals surface area contributed by atoms with Crippen LogP contribution >= 0.6 is 0 Å². The van der Waals surface area contributed by atoms with Crippen molar-refractivity contribution in [2.24, 2.45) is 5.92 Å². The molecule has 3 aliphatic rings. The highest BCUT2D eigenvalue weighted by molar-refractivity contribution is 5.90. The SMILES string of the molecule is COc1cc([C@@H]2C[C@H]3CN(Cc4ccccc4C)C(=O)[C@]34CCCN24)ccc1F. The molecule has 5 rings (SSSR count). The van der Waals surface area contributed by atoms with Crippen LogP contribution in [0.4, 0.5) is 4.39 Å². The van der Waals surface area contributed by atoms with Crippen molar-refractivity contribution < 1.29 is 13.9 Å². The van der Waals surface area contributed by atoms with E-state index < -0.39 is 0 Å². The summed E-state index contributed by atoms with van der Waals surface area (Å²) in [5.41, 5.74) is 3.13. The normalized spacial score (nSPS) is 28.7. The first kappa shape index (κ1) is 18.6. The number of methoxy groups -OCH3 is 1. The van der Waals surface area contributed by atoms with Gasteiger partial charge >= 0.3 is 0 Å². The minimum atomic E-state index is -0.380. The average Bonchev–Trinajstić information content (AvgIpc) is 3.35. The number of hydrogen-bond donors (Lipinski definition) is 0. The van der Waals surface area contributed by atoms with E-state index in [-0.39, 0.29) is 29.1 Å². The molecule has 0 aromatic heterocycles. The van der Waals surface area contributed by atoms with Crippen LogP contribution in [0.2, 0.25) is 0 Å². The molecule has 0 N–H and O–H groups in total. The molecule has 0 aliphatic carbocycles. The predicted octanol–water partition coefficient (Wildman–Crippen LogP) is 4.08. The van der Waals surface area contributed by atoms with Crippen LogP contribution in [0.25, 0.3) is 0 Å². The highest BCUT2D eigenvalue weighted by atomic mass is 19.1. The van der Waals surface area contributed by atoms with Crippen LogP contribution in [0, 0.1) is 18.7 Å². The monoisotopic (exact) mass is 394 g/mol. The fourth-order valence-corrected chi connectivity index (χ4v) is 5.91. The van der Waals surface area contributed by atoms with Gasteiger partial charge in [-0.1, -0.05) is 30.3 Å². The van der Waals surface area contributed by atoms with Crippen molar-refractivity contribution in [3.63, 3.8) is 0 Å². The molecule has 3 aliphatic heterocycles. The molecule has 5 heteroatoms. The van der Waals surface area contributed by atoms with Gasteiger partial charge in [-0.2, -0.15) is 0 Å². The number of carbonyl (C=O) groups excluding carboxylic acids is 1. The standard InChI is InChI=1S/C24H27FN2O2/c1-16-6-3-4-7-18(16)14-26-15-19-13-21(17-8-9-20(25)22(12-17)29-2)27-11-5-10-24(19,27)23(26)28/h3-4,6-9,12,19,21H,5,10-11,13-15H2,1-2H3/t19-,21-,24-/m0/s1. The number of carbonyl (C=O) groups is 1. The predicted molar refractivity (Wildman–Crippen MR) is 109 cm³/mol. The van der Waals surface area contributed by atoms with Crippen molar-refractivity contribution in [3.8, 4) is 5.75 Å². The number of benzene rings is 2. The van der Waals surface area contributed by atoms with E-state index in [4.69, 9.17) is 4.74 Å². The molecule has 0 unspecified atom stereocenters. The maximum absolute atomic E-state index is 13.9. The second-order valence-corrected chi connectivity index (χ2v) is 8.68. The van der Waals surface area contributed by atoms with Crippen LogP contribution in [-0.2, 0) is 11.3 Å². The second-order valence-electron chi connectivity index (χ2n) is 8.68. The Bertz CT molecular complexity index is 962. The van der Waals surface area contributed by atoms with Crippen LogP contribution in [-0.4, -0.2) is 41.4 Å². The van der Waals surface area contributed by atoms with Gasteiger partial charge < -0.3 is 9.64 Å². The third kappa shape index (κ3) is 2.71. The summed E-state index contributed by atoms with van der Waals surface area (Å²) in [7, 11) is 1.50. The molecule has 2 aromatic rings. The maximum atomic E-state index is 13.9. The first-order chi connectivity index (χ1) is 14.0. The molecule has 1 amide bonds. The first-order valence-electron chi connectivity index (χ1n) is 10.5. The van der Waals surface area contributed by atoms with Gasteiger partial charge in [-0.15, -0.1) is 0 Å². The first-order valence-corrected chi connectivity index (χ1v) is 10.5. The molecule has 0 bridgehead atoms. The summed E-state index contributed by atoms with van der Waals surface area (Å²) in [6.45, 7) is 4.52. The molecule has 152 valence electrons. The largest absolute Gasteiger partial charge is 0.494 e. The third-order valence-corrected chi connectivity index (χ3v) is 7.31. The molecule has 3 heterocycles. The van der Waals surface area contributed by atoms with Crippen molar-refractivity contribution in [1.82, 2.24) is 9.80 Å². The summed E-state index contributed by atoms with van der Waals surface area (Å²) < 4.78 is 19.1. The highest BCUT2D eigenvalue weighted by Crippen LogP contribution is 2.56. The van der Waals surface area contributed by atoms with Gasteiger partial charge in [-0.05, 0) is 61.6 Å². The summed E-state index contributed by atoms with van der Waals surface area (Å²) in [6, 6.07) is 13.6. The number of rotatable bonds is 4. The lowest BCUT2D eigenvalue weighted by Crippen LogP contribution is -2.49. The molecule has 3 atom stereocenters. The Kier molecular flexibility index (Phi) is 4.39. The zero-order valence-electron chi connectivity index (χ0n) is 17.0. The Labute approximate surface area is 171 Å². The van der Waals surface area contributed by atoms with Crippen LogP contribution < -0.4 is 4.74 Å². The van der Waals surface area contributed by atoms with Crippen molar-refractivity contribution in [1.29, 1.82) is 0 Å². The van der Waals surface area contributed by atoms with Gasteiger partial charge in [0.2, 0.25) is 5.91 Å². The second kappa shape index (κ2) is 6.84. The van der Waals surface area contributed by atoms with E-state index in [9.17, 15) is 9.18 Å². The minimum absolute atomic E-state index is 0.154. The third-order valence-electron chi connectivity index (χ3n) is 7.31. The Morgan fingerprint density at radius 1 is 1.24 bits per heavy atom. The number of halogens is 1. The summed E-state index contributed by atoms with van der Waals surface area (Å²) in [5, 5.41) is 0. The van der Waals surface area contributed by atoms with E-state index in [1.165, 1.54) is 24.3 Å². The average molecular weight is 394 g/mol. The molecule has 29 heavy (non-hydrogen) atoms. The number of likely N-dealkylation sites (tertiary alicyclic amines) is 1. The fraction of sp³-hybridized carbons (Fsp3) is 0.458. The molecular formula is C24H27FN2O2. The van der Waals surface area contributed by atoms with E-state index in [1.54, 1.807) is 0 Å². The van der Waals surface area contributed by atoms with Crippen LogP contribution in [0.3, 0.4) is 0 Å². The summed E-state index contributed by atoms with van der Waals surface area (Å²) in [5.74, 6) is 0.536. The molecule has 2 aromatic carbocycles. The number of nitrogens with zero attached hydrogens (tertiary/aromatic N) is 2. The van der Waals surface area contributed by atoms with Gasteiger partial charge in [-0.3, -0.25) is 9.69 Å². The van der Waals surface area contributed by atoms with Crippen molar-refractivity contribution in [2.45, 2.75) is 44.3 Å². The van der Waals surface area contributed by atoms with Gasteiger partial charge in [0.05, 0.1) is 7.11 Å². The van der Waals surface area contributed by atoms with Crippen LogP contribution in [0.1, 0.15) is 42.0 Å². The van der Waals surface area contributed by atoms with Crippen LogP contribution in [0.5, 0.6) is 5.75 Å². The van der Waals surface area contributed by atoms with E-state index in [1.807, 2.05) is 24.3 Å². The summed E-state index contributed by atoms with van der Waals surface area (Å²) >= 11 is 0. The van der Waals surface area contributed by atoms with Gasteiger partial charge in [0.1, 0.15) is 5.54 Å². The number of amides is 1. The zero-order chi connectivity index (χ0) is 20.2. The quantitative estimate of drug-likeness (QED) is 0.783. The lowest BCUT2D eigenvalue weighted by molar-refractivity contribution is -0.137. The maximum Gasteiger partial charge on any atom is 0.243 e.